The Balaban J connectivity index is 1.92. The summed E-state index contributed by atoms with van der Waals surface area (Å²) < 4.78 is 11.0. The quantitative estimate of drug-likeness (QED) is 0.861. The van der Waals surface area contributed by atoms with Crippen molar-refractivity contribution in [1.82, 2.24) is 5.32 Å². The van der Waals surface area contributed by atoms with Gasteiger partial charge in [-0.25, -0.2) is 0 Å². The van der Waals surface area contributed by atoms with Crippen molar-refractivity contribution in [1.29, 1.82) is 5.26 Å². The predicted octanol–water partition coefficient (Wildman–Crippen LogP) is 1.84. The summed E-state index contributed by atoms with van der Waals surface area (Å²) in [6, 6.07) is 7.98. The van der Waals surface area contributed by atoms with Crippen LogP contribution >= 0.6 is 0 Å². The van der Waals surface area contributed by atoms with Crippen LogP contribution in [-0.4, -0.2) is 26.3 Å². The van der Waals surface area contributed by atoms with E-state index in [-0.39, 0.29) is 0 Å². The second-order valence-electron chi connectivity index (χ2n) is 4.45. The molecule has 0 aliphatic carbocycles. The fourth-order valence-electron chi connectivity index (χ4n) is 2.17. The predicted molar refractivity (Wildman–Crippen MR) is 68.4 cm³/mol. The van der Waals surface area contributed by atoms with Crippen molar-refractivity contribution in [3.63, 3.8) is 0 Å². The van der Waals surface area contributed by atoms with E-state index in [1.54, 1.807) is 13.2 Å². The van der Waals surface area contributed by atoms with Crippen molar-refractivity contribution >= 4 is 0 Å². The average molecular weight is 246 g/mol. The molecule has 1 heterocycles. The molecule has 1 fully saturated rings. The van der Waals surface area contributed by atoms with Gasteiger partial charge in [0.05, 0.1) is 32.0 Å². The van der Waals surface area contributed by atoms with Gasteiger partial charge in [0, 0.05) is 11.6 Å². The van der Waals surface area contributed by atoms with Gasteiger partial charge in [-0.15, -0.1) is 0 Å². The second kappa shape index (κ2) is 6.39. The van der Waals surface area contributed by atoms with E-state index in [1.807, 2.05) is 12.1 Å². The fourth-order valence-corrected chi connectivity index (χ4v) is 2.17. The highest BCUT2D eigenvalue weighted by atomic mass is 16.5. The van der Waals surface area contributed by atoms with E-state index >= 15 is 0 Å². The zero-order chi connectivity index (χ0) is 12.8. The van der Waals surface area contributed by atoms with Crippen LogP contribution in [0.1, 0.15) is 24.0 Å². The van der Waals surface area contributed by atoms with Crippen LogP contribution in [0.3, 0.4) is 0 Å². The first kappa shape index (κ1) is 12.9. The molecule has 1 N–H and O–H groups in total. The summed E-state index contributed by atoms with van der Waals surface area (Å²) in [6.45, 7) is 2.28. The van der Waals surface area contributed by atoms with Crippen molar-refractivity contribution in [2.75, 3.05) is 20.3 Å². The molecule has 0 bridgehead atoms. The minimum absolute atomic E-state index is 0.468. The average Bonchev–Trinajstić information content (AvgIpc) is 2.92. The van der Waals surface area contributed by atoms with Gasteiger partial charge in [-0.2, -0.15) is 5.26 Å². The first-order valence-electron chi connectivity index (χ1n) is 6.21. The molecule has 0 aromatic heterocycles. The number of ether oxygens (including phenoxy) is 2. The standard InChI is InChI=1S/C14H18N2O2/c1-17-14-5-4-11(8-15)7-12(14)9-18-10-13-3-2-6-16-13/h4-5,7,13,16H,2-3,6,9-10H2,1H3. The highest BCUT2D eigenvalue weighted by Crippen LogP contribution is 2.20. The number of nitrogens with one attached hydrogen (secondary N) is 1. The van der Waals surface area contributed by atoms with E-state index in [9.17, 15) is 0 Å². The first-order chi connectivity index (χ1) is 8.83. The SMILES string of the molecule is COc1ccc(C#N)cc1COCC1CCCN1. The number of hydrogen-bond donors (Lipinski definition) is 1. The summed E-state index contributed by atoms with van der Waals surface area (Å²) in [5, 5.41) is 12.3. The third kappa shape index (κ3) is 3.22. The second-order valence-corrected chi connectivity index (χ2v) is 4.45. The van der Waals surface area contributed by atoms with Gasteiger partial charge in [0.25, 0.3) is 0 Å². The van der Waals surface area contributed by atoms with E-state index in [2.05, 4.69) is 11.4 Å². The van der Waals surface area contributed by atoms with Gasteiger partial charge in [0.15, 0.2) is 0 Å². The Kier molecular flexibility index (Phi) is 4.57. The Morgan fingerprint density at radius 1 is 1.50 bits per heavy atom. The topological polar surface area (TPSA) is 54.3 Å². The zero-order valence-corrected chi connectivity index (χ0v) is 10.6. The van der Waals surface area contributed by atoms with Gasteiger partial charge in [0.2, 0.25) is 0 Å². The van der Waals surface area contributed by atoms with Crippen molar-refractivity contribution in [2.24, 2.45) is 0 Å². The molecule has 1 aromatic rings. The Morgan fingerprint density at radius 3 is 3.06 bits per heavy atom. The van der Waals surface area contributed by atoms with Crippen LogP contribution in [0.15, 0.2) is 18.2 Å². The molecule has 1 unspecified atom stereocenters. The molecule has 0 saturated carbocycles. The van der Waals surface area contributed by atoms with Gasteiger partial charge >= 0.3 is 0 Å². The molecular formula is C14H18N2O2. The third-order valence-electron chi connectivity index (χ3n) is 3.15. The lowest BCUT2D eigenvalue weighted by Gasteiger charge is -2.13. The number of nitriles is 1. The number of rotatable bonds is 5. The largest absolute Gasteiger partial charge is 0.496 e. The lowest BCUT2D eigenvalue weighted by atomic mass is 10.1. The van der Waals surface area contributed by atoms with Crippen LogP contribution in [0, 0.1) is 11.3 Å². The summed E-state index contributed by atoms with van der Waals surface area (Å²) >= 11 is 0. The number of methoxy groups -OCH3 is 1. The van der Waals surface area contributed by atoms with Crippen LogP contribution in [-0.2, 0) is 11.3 Å². The molecule has 1 saturated heterocycles. The maximum absolute atomic E-state index is 8.88. The van der Waals surface area contributed by atoms with Gasteiger partial charge < -0.3 is 14.8 Å². The summed E-state index contributed by atoms with van der Waals surface area (Å²) in [7, 11) is 1.63. The molecule has 1 atom stereocenters. The van der Waals surface area contributed by atoms with Crippen LogP contribution in [0.25, 0.3) is 0 Å². The van der Waals surface area contributed by atoms with Gasteiger partial charge in [-0.3, -0.25) is 0 Å². The highest BCUT2D eigenvalue weighted by Gasteiger charge is 2.14. The van der Waals surface area contributed by atoms with Gasteiger partial charge in [-0.1, -0.05) is 0 Å². The Morgan fingerprint density at radius 2 is 2.39 bits per heavy atom. The lowest BCUT2D eigenvalue weighted by molar-refractivity contribution is 0.102. The normalized spacial score (nSPS) is 18.6. The molecule has 4 heteroatoms. The molecule has 0 amide bonds. The molecule has 96 valence electrons. The van der Waals surface area contributed by atoms with E-state index in [4.69, 9.17) is 14.7 Å². The Hall–Kier alpha value is -1.57. The van der Waals surface area contributed by atoms with E-state index < -0.39 is 0 Å². The third-order valence-corrected chi connectivity index (χ3v) is 3.15. The highest BCUT2D eigenvalue weighted by molar-refractivity contribution is 5.41. The van der Waals surface area contributed by atoms with Crippen molar-refractivity contribution < 1.29 is 9.47 Å². The minimum Gasteiger partial charge on any atom is -0.496 e. The Bertz CT molecular complexity index is 434. The van der Waals surface area contributed by atoms with Crippen LogP contribution in [0.4, 0.5) is 0 Å². The summed E-state index contributed by atoms with van der Waals surface area (Å²) in [5.74, 6) is 0.772. The summed E-state index contributed by atoms with van der Waals surface area (Å²) in [4.78, 5) is 0. The lowest BCUT2D eigenvalue weighted by Crippen LogP contribution is -2.26. The van der Waals surface area contributed by atoms with Gasteiger partial charge in [-0.05, 0) is 37.6 Å². The molecule has 4 nitrogen and oxygen atoms in total. The molecule has 1 aliphatic heterocycles. The maximum atomic E-state index is 8.88. The van der Waals surface area contributed by atoms with Crippen molar-refractivity contribution in [2.45, 2.75) is 25.5 Å². The van der Waals surface area contributed by atoms with Crippen molar-refractivity contribution in [3.05, 3.63) is 29.3 Å². The molecule has 1 aliphatic rings. The van der Waals surface area contributed by atoms with Gasteiger partial charge in [0.1, 0.15) is 5.75 Å². The number of benzene rings is 1. The van der Waals surface area contributed by atoms with Crippen molar-refractivity contribution in [3.8, 4) is 11.8 Å². The molecule has 1 aromatic carbocycles. The molecule has 2 rings (SSSR count). The smallest absolute Gasteiger partial charge is 0.124 e. The zero-order valence-electron chi connectivity index (χ0n) is 10.6. The van der Waals surface area contributed by atoms with Crippen LogP contribution in [0.2, 0.25) is 0 Å². The maximum Gasteiger partial charge on any atom is 0.124 e. The molecular weight excluding hydrogens is 228 g/mol. The number of nitrogens with zero attached hydrogens (tertiary/aromatic N) is 1. The minimum atomic E-state index is 0.468. The first-order valence-corrected chi connectivity index (χ1v) is 6.21. The molecule has 0 spiro atoms. The summed E-state index contributed by atoms with van der Waals surface area (Å²) in [6.07, 6.45) is 2.40. The van der Waals surface area contributed by atoms with E-state index in [1.165, 1.54) is 12.8 Å². The van der Waals surface area contributed by atoms with Crippen LogP contribution < -0.4 is 10.1 Å². The fraction of sp³-hybridized carbons (Fsp3) is 0.500. The van der Waals surface area contributed by atoms with Crippen LogP contribution in [0.5, 0.6) is 5.75 Å². The van der Waals surface area contributed by atoms with E-state index in [0.717, 1.165) is 17.9 Å². The molecule has 18 heavy (non-hydrogen) atoms. The van der Waals surface area contributed by atoms with E-state index in [0.29, 0.717) is 24.8 Å². The monoisotopic (exact) mass is 246 g/mol. The summed E-state index contributed by atoms with van der Waals surface area (Å²) in [5.41, 5.74) is 1.56. The molecule has 0 radical (unpaired) electrons. The Labute approximate surface area is 108 Å². The number of hydrogen-bond acceptors (Lipinski definition) is 4.